The second-order valence-corrected chi connectivity index (χ2v) is 11.3. The molecule has 206 valence electrons. The van der Waals surface area contributed by atoms with Gasteiger partial charge in [-0.1, -0.05) is 17.3 Å². The molecule has 0 saturated carbocycles. The molecule has 2 N–H and O–H groups in total. The number of aromatic nitrogens is 3. The molecule has 3 aliphatic rings. The maximum atomic E-state index is 13.7. The van der Waals surface area contributed by atoms with Crippen molar-refractivity contribution in [1.82, 2.24) is 25.2 Å². The zero-order chi connectivity index (χ0) is 27.1. The highest BCUT2D eigenvalue weighted by atomic mass is 32.2. The summed E-state index contributed by atoms with van der Waals surface area (Å²) in [5, 5.41) is 20.9. The van der Waals surface area contributed by atoms with Gasteiger partial charge in [0.1, 0.15) is 5.75 Å². The lowest BCUT2D eigenvalue weighted by Gasteiger charge is -2.40. The van der Waals surface area contributed by atoms with Crippen molar-refractivity contribution in [2.45, 2.75) is 43.5 Å². The second kappa shape index (κ2) is 12.7. The minimum Gasteiger partial charge on any atom is -0.494 e. The van der Waals surface area contributed by atoms with E-state index in [1.165, 1.54) is 0 Å². The van der Waals surface area contributed by atoms with Crippen molar-refractivity contribution in [3.63, 3.8) is 0 Å². The van der Waals surface area contributed by atoms with E-state index >= 15 is 0 Å². The standard InChI is InChI=1S/C29H35N5O4S/c35-17-19-39-26-8-4-23(5-9-26)27(36)33-15-11-29(12-16-33)20-24-21-34(32-31-24)14-1-18-38-25-6-2-22(3-7-25)10-13-30-28(29)37/h2-9,21,35H,1,10-20H2,(H,30,37). The van der Waals surface area contributed by atoms with Crippen LogP contribution in [0.4, 0.5) is 0 Å². The number of hydrogen-bond acceptors (Lipinski definition) is 7. The minimum absolute atomic E-state index is 0.0127. The SMILES string of the molecule is O=C(c1ccc(SCCO)cc1)N1CCC2(CC1)Cc1cn(nn1)CCCOc1ccc(cc1)CCNC2=O. The van der Waals surface area contributed by atoms with Crippen molar-refractivity contribution < 1.29 is 19.4 Å². The average Bonchev–Trinajstić information content (AvgIpc) is 3.41. The molecule has 39 heavy (non-hydrogen) atoms. The van der Waals surface area contributed by atoms with Gasteiger partial charge in [0.15, 0.2) is 0 Å². The Morgan fingerprint density at radius 1 is 1.08 bits per heavy atom. The largest absolute Gasteiger partial charge is 0.494 e. The molecule has 1 spiro atoms. The van der Waals surface area contributed by atoms with E-state index in [-0.39, 0.29) is 18.4 Å². The van der Waals surface area contributed by atoms with Crippen molar-refractivity contribution in [2.24, 2.45) is 5.41 Å². The van der Waals surface area contributed by atoms with Crippen LogP contribution in [-0.4, -0.2) is 75.4 Å². The van der Waals surface area contributed by atoms with E-state index in [0.29, 0.717) is 63.4 Å². The number of carbonyl (C=O) groups excluding carboxylic acids is 2. The van der Waals surface area contributed by atoms with Crippen molar-refractivity contribution in [3.8, 4) is 5.75 Å². The third-order valence-corrected chi connectivity index (χ3v) is 8.47. The zero-order valence-corrected chi connectivity index (χ0v) is 22.9. The predicted molar refractivity (Wildman–Crippen MR) is 149 cm³/mol. The Hall–Kier alpha value is -3.37. The summed E-state index contributed by atoms with van der Waals surface area (Å²) in [6.45, 7) is 2.93. The van der Waals surface area contributed by atoms with Crippen LogP contribution in [-0.2, 0) is 24.2 Å². The zero-order valence-electron chi connectivity index (χ0n) is 22.1. The van der Waals surface area contributed by atoms with E-state index in [0.717, 1.165) is 34.7 Å². The molecule has 3 aromatic rings. The number of fused-ring (bicyclic) bond motifs is 8. The molecule has 4 heterocycles. The molecule has 1 aromatic heterocycles. The van der Waals surface area contributed by atoms with Gasteiger partial charge in [-0.25, -0.2) is 0 Å². The summed E-state index contributed by atoms with van der Waals surface area (Å²) in [6.07, 6.45) is 5.07. The molecule has 0 atom stereocenters. The van der Waals surface area contributed by atoms with E-state index in [9.17, 15) is 9.59 Å². The fourth-order valence-corrected chi connectivity index (χ4v) is 5.87. The number of amides is 2. The fraction of sp³-hybridized carbons (Fsp3) is 0.448. The van der Waals surface area contributed by atoms with Crippen LogP contribution in [0.25, 0.3) is 0 Å². The van der Waals surface area contributed by atoms with E-state index in [1.807, 2.05) is 64.3 Å². The number of aliphatic hydroxyl groups is 1. The number of benzene rings is 2. The Morgan fingerprint density at radius 2 is 1.85 bits per heavy atom. The molecular weight excluding hydrogens is 514 g/mol. The first kappa shape index (κ1) is 27.2. The summed E-state index contributed by atoms with van der Waals surface area (Å²) in [5.74, 6) is 1.45. The monoisotopic (exact) mass is 549 g/mol. The summed E-state index contributed by atoms with van der Waals surface area (Å²) >= 11 is 1.56. The number of hydrogen-bond donors (Lipinski definition) is 2. The molecule has 1 fully saturated rings. The van der Waals surface area contributed by atoms with Gasteiger partial charge in [-0.3, -0.25) is 14.3 Å². The van der Waals surface area contributed by atoms with Crippen LogP contribution in [0.2, 0.25) is 0 Å². The summed E-state index contributed by atoms with van der Waals surface area (Å²) in [6, 6.07) is 15.5. The average molecular weight is 550 g/mol. The Labute approximate surface area is 232 Å². The predicted octanol–water partition coefficient (Wildman–Crippen LogP) is 2.97. The molecule has 6 rings (SSSR count). The number of aryl methyl sites for hydroxylation is 1. The van der Waals surface area contributed by atoms with Gasteiger partial charge in [0.05, 0.1) is 24.3 Å². The third kappa shape index (κ3) is 6.80. The Kier molecular flexibility index (Phi) is 8.83. The highest BCUT2D eigenvalue weighted by molar-refractivity contribution is 7.99. The van der Waals surface area contributed by atoms with Gasteiger partial charge < -0.3 is 20.1 Å². The van der Waals surface area contributed by atoms with Crippen molar-refractivity contribution in [2.75, 3.05) is 38.6 Å². The smallest absolute Gasteiger partial charge is 0.253 e. The van der Waals surface area contributed by atoms with Crippen LogP contribution >= 0.6 is 11.8 Å². The normalized spacial score (nSPS) is 17.9. The van der Waals surface area contributed by atoms with E-state index in [1.54, 1.807) is 11.8 Å². The highest BCUT2D eigenvalue weighted by Gasteiger charge is 2.43. The number of rotatable bonds is 4. The van der Waals surface area contributed by atoms with Crippen LogP contribution in [0.3, 0.4) is 0 Å². The molecule has 0 radical (unpaired) electrons. The van der Waals surface area contributed by atoms with Gasteiger partial charge in [-0.2, -0.15) is 0 Å². The van der Waals surface area contributed by atoms with E-state index in [4.69, 9.17) is 9.84 Å². The molecule has 4 bridgehead atoms. The number of nitrogens with zero attached hydrogens (tertiary/aromatic N) is 4. The van der Waals surface area contributed by atoms with Gasteiger partial charge in [0, 0.05) is 61.4 Å². The molecule has 2 aromatic carbocycles. The summed E-state index contributed by atoms with van der Waals surface area (Å²) in [4.78, 5) is 29.8. The van der Waals surface area contributed by atoms with Crippen LogP contribution in [0.15, 0.2) is 59.6 Å². The van der Waals surface area contributed by atoms with Crippen LogP contribution < -0.4 is 10.1 Å². The van der Waals surface area contributed by atoms with Gasteiger partial charge in [0.2, 0.25) is 5.91 Å². The van der Waals surface area contributed by atoms with Crippen LogP contribution in [0.5, 0.6) is 5.75 Å². The Morgan fingerprint density at radius 3 is 2.59 bits per heavy atom. The van der Waals surface area contributed by atoms with Gasteiger partial charge >= 0.3 is 0 Å². The summed E-state index contributed by atoms with van der Waals surface area (Å²) in [5.41, 5.74) is 1.92. The first-order chi connectivity index (χ1) is 19.0. The first-order valence-corrected chi connectivity index (χ1v) is 14.6. The molecule has 0 aliphatic carbocycles. The number of thioether (sulfide) groups is 1. The van der Waals surface area contributed by atoms with E-state index in [2.05, 4.69) is 15.6 Å². The minimum atomic E-state index is -0.649. The van der Waals surface area contributed by atoms with Gasteiger partial charge in [0.25, 0.3) is 5.91 Å². The van der Waals surface area contributed by atoms with Crippen molar-refractivity contribution in [1.29, 1.82) is 0 Å². The number of aliphatic hydroxyl groups excluding tert-OH is 1. The molecule has 9 nitrogen and oxygen atoms in total. The van der Waals surface area contributed by atoms with Gasteiger partial charge in [-0.05, 0) is 61.2 Å². The molecule has 10 heteroatoms. The molecular formula is C29H35N5O4S. The lowest BCUT2D eigenvalue weighted by molar-refractivity contribution is -0.133. The Balaban J connectivity index is 1.29. The first-order valence-electron chi connectivity index (χ1n) is 13.6. The van der Waals surface area contributed by atoms with Crippen LogP contribution in [0.1, 0.15) is 40.9 Å². The Bertz CT molecular complexity index is 1250. The lowest BCUT2D eigenvalue weighted by atomic mass is 9.73. The number of likely N-dealkylation sites (tertiary alicyclic amines) is 1. The third-order valence-electron chi connectivity index (χ3n) is 7.48. The summed E-state index contributed by atoms with van der Waals surface area (Å²) in [7, 11) is 0. The fourth-order valence-electron chi connectivity index (χ4n) is 5.21. The second-order valence-electron chi connectivity index (χ2n) is 10.2. The van der Waals surface area contributed by atoms with Gasteiger partial charge in [-0.15, -0.1) is 16.9 Å². The highest BCUT2D eigenvalue weighted by Crippen LogP contribution is 2.36. The summed E-state index contributed by atoms with van der Waals surface area (Å²) < 4.78 is 7.66. The number of ether oxygens (including phenoxy) is 1. The molecule has 3 aliphatic heterocycles. The van der Waals surface area contributed by atoms with Crippen molar-refractivity contribution >= 4 is 23.6 Å². The molecule has 0 unspecified atom stereocenters. The van der Waals surface area contributed by atoms with Crippen molar-refractivity contribution in [3.05, 3.63) is 71.5 Å². The van der Waals surface area contributed by atoms with Crippen LogP contribution in [0, 0.1) is 5.41 Å². The quantitative estimate of drug-likeness (QED) is 0.482. The topological polar surface area (TPSA) is 110 Å². The van der Waals surface area contributed by atoms with E-state index < -0.39 is 5.41 Å². The number of piperidine rings is 1. The molecule has 2 amide bonds. The number of nitrogens with one attached hydrogen (secondary N) is 1. The maximum Gasteiger partial charge on any atom is 0.253 e. The lowest BCUT2D eigenvalue weighted by Crippen LogP contribution is -2.51. The molecule has 1 saturated heterocycles. The maximum absolute atomic E-state index is 13.7. The number of carbonyl (C=O) groups is 2.